The molecule has 0 unspecified atom stereocenters. The number of nitrogens with one attached hydrogen (secondary N) is 1. The van der Waals surface area contributed by atoms with E-state index >= 15 is 0 Å². The van der Waals surface area contributed by atoms with Gasteiger partial charge in [-0.05, 0) is 19.1 Å². The van der Waals surface area contributed by atoms with Crippen molar-refractivity contribution in [3.63, 3.8) is 0 Å². The smallest absolute Gasteiger partial charge is 0.358 e. The van der Waals surface area contributed by atoms with E-state index in [9.17, 15) is 9.59 Å². The summed E-state index contributed by atoms with van der Waals surface area (Å²) in [4.78, 5) is 23.0. The van der Waals surface area contributed by atoms with Gasteiger partial charge in [-0.2, -0.15) is 0 Å². The number of fused-ring (bicyclic) bond motifs is 1. The van der Waals surface area contributed by atoms with Crippen molar-refractivity contribution >= 4 is 17.0 Å². The average molecular weight is 206 g/mol. The molecule has 1 aromatic carbocycles. The van der Waals surface area contributed by atoms with Crippen LogP contribution in [0.15, 0.2) is 33.6 Å². The van der Waals surface area contributed by atoms with Gasteiger partial charge in [-0.3, -0.25) is 4.79 Å². The topological polar surface area (TPSA) is 64.2 Å². The SMILES string of the molecule is CCNC(=O)n1oc2ccccc2c1=O. The highest BCUT2D eigenvalue weighted by atomic mass is 16.5. The monoisotopic (exact) mass is 206 g/mol. The number of hydrogen-bond acceptors (Lipinski definition) is 3. The molecule has 0 bridgehead atoms. The molecule has 78 valence electrons. The van der Waals surface area contributed by atoms with E-state index in [1.165, 1.54) is 0 Å². The van der Waals surface area contributed by atoms with Crippen molar-refractivity contribution in [1.29, 1.82) is 0 Å². The van der Waals surface area contributed by atoms with Crippen LogP contribution in [0.4, 0.5) is 4.79 Å². The highest BCUT2D eigenvalue weighted by Crippen LogP contribution is 2.08. The Morgan fingerprint density at radius 1 is 1.47 bits per heavy atom. The molecule has 0 saturated carbocycles. The van der Waals surface area contributed by atoms with Gasteiger partial charge in [-0.25, -0.2) is 4.79 Å². The molecule has 5 heteroatoms. The molecule has 0 aliphatic carbocycles. The molecule has 15 heavy (non-hydrogen) atoms. The molecule has 1 heterocycles. The lowest BCUT2D eigenvalue weighted by Crippen LogP contribution is -2.33. The third-order valence-electron chi connectivity index (χ3n) is 2.00. The zero-order valence-electron chi connectivity index (χ0n) is 8.19. The second kappa shape index (κ2) is 3.61. The van der Waals surface area contributed by atoms with Crippen molar-refractivity contribution in [1.82, 2.24) is 10.1 Å². The van der Waals surface area contributed by atoms with Gasteiger partial charge in [0.15, 0.2) is 5.58 Å². The molecular formula is C10H10N2O3. The van der Waals surface area contributed by atoms with Crippen molar-refractivity contribution < 1.29 is 9.32 Å². The largest absolute Gasteiger partial charge is 0.366 e. The summed E-state index contributed by atoms with van der Waals surface area (Å²) in [5.74, 6) is 0. The van der Waals surface area contributed by atoms with E-state index in [4.69, 9.17) is 4.52 Å². The van der Waals surface area contributed by atoms with Crippen molar-refractivity contribution in [2.45, 2.75) is 6.92 Å². The summed E-state index contributed by atoms with van der Waals surface area (Å²) in [5.41, 5.74) is -0.0229. The van der Waals surface area contributed by atoms with Crippen LogP contribution in [0.2, 0.25) is 0 Å². The van der Waals surface area contributed by atoms with Crippen molar-refractivity contribution in [2.75, 3.05) is 6.54 Å². The summed E-state index contributed by atoms with van der Waals surface area (Å²) in [6.45, 7) is 2.22. The first-order valence-corrected chi connectivity index (χ1v) is 4.63. The standard InChI is InChI=1S/C10H10N2O3/c1-2-11-10(14)12-9(13)7-5-3-4-6-8(7)15-12/h3-6H,2H2,1H3,(H,11,14). The Balaban J connectivity index is 2.58. The fourth-order valence-electron chi connectivity index (χ4n) is 1.33. The van der Waals surface area contributed by atoms with E-state index in [2.05, 4.69) is 5.32 Å². The molecule has 0 aliphatic heterocycles. The molecule has 2 rings (SSSR count). The van der Waals surface area contributed by atoms with Crippen LogP contribution in [0, 0.1) is 0 Å². The first-order chi connectivity index (χ1) is 7.24. The predicted molar refractivity (Wildman–Crippen MR) is 54.9 cm³/mol. The zero-order chi connectivity index (χ0) is 10.8. The molecule has 5 nitrogen and oxygen atoms in total. The van der Waals surface area contributed by atoms with Gasteiger partial charge in [0.25, 0.3) is 5.56 Å². The Morgan fingerprint density at radius 3 is 2.87 bits per heavy atom. The molecule has 0 fully saturated rings. The number of carbonyl (C=O) groups excluding carboxylic acids is 1. The van der Waals surface area contributed by atoms with Gasteiger partial charge in [0, 0.05) is 6.54 Å². The molecule has 1 aromatic heterocycles. The van der Waals surface area contributed by atoms with E-state index < -0.39 is 11.6 Å². The van der Waals surface area contributed by atoms with Gasteiger partial charge in [-0.15, -0.1) is 0 Å². The third-order valence-corrected chi connectivity index (χ3v) is 2.00. The maximum absolute atomic E-state index is 11.7. The lowest BCUT2D eigenvalue weighted by molar-refractivity contribution is 0.214. The Kier molecular flexibility index (Phi) is 2.29. The molecule has 0 aliphatic rings. The predicted octanol–water partition coefficient (Wildman–Crippen LogP) is 1.17. The van der Waals surface area contributed by atoms with Crippen molar-refractivity contribution in [2.24, 2.45) is 0 Å². The van der Waals surface area contributed by atoms with Crippen LogP contribution in [0.1, 0.15) is 6.92 Å². The van der Waals surface area contributed by atoms with Gasteiger partial charge in [0.1, 0.15) is 0 Å². The Morgan fingerprint density at radius 2 is 2.20 bits per heavy atom. The number of benzene rings is 1. The van der Waals surface area contributed by atoms with Crippen LogP contribution in [0.5, 0.6) is 0 Å². The first-order valence-electron chi connectivity index (χ1n) is 4.63. The summed E-state index contributed by atoms with van der Waals surface area (Å²) >= 11 is 0. The van der Waals surface area contributed by atoms with Crippen LogP contribution >= 0.6 is 0 Å². The van der Waals surface area contributed by atoms with Crippen molar-refractivity contribution in [3.05, 3.63) is 34.6 Å². The highest BCUT2D eigenvalue weighted by Gasteiger charge is 2.13. The summed E-state index contributed by atoms with van der Waals surface area (Å²) in [6.07, 6.45) is 0. The summed E-state index contributed by atoms with van der Waals surface area (Å²) < 4.78 is 5.84. The van der Waals surface area contributed by atoms with E-state index in [1.54, 1.807) is 31.2 Å². The van der Waals surface area contributed by atoms with Gasteiger partial charge in [0.05, 0.1) is 5.39 Å². The fraction of sp³-hybridized carbons (Fsp3) is 0.200. The highest BCUT2D eigenvalue weighted by molar-refractivity contribution is 5.82. The third kappa shape index (κ3) is 1.52. The molecule has 0 spiro atoms. The van der Waals surface area contributed by atoms with E-state index in [-0.39, 0.29) is 0 Å². The first kappa shape index (κ1) is 9.51. The van der Waals surface area contributed by atoms with E-state index in [0.717, 1.165) is 4.74 Å². The van der Waals surface area contributed by atoms with E-state index in [1.807, 2.05) is 0 Å². The molecule has 0 atom stereocenters. The quantitative estimate of drug-likeness (QED) is 0.761. The molecule has 1 amide bonds. The number of amides is 1. The van der Waals surface area contributed by atoms with Crippen LogP contribution in [-0.2, 0) is 0 Å². The summed E-state index contributed by atoms with van der Waals surface area (Å²) in [6, 6.07) is 6.19. The lowest BCUT2D eigenvalue weighted by Gasteiger charge is -1.97. The van der Waals surface area contributed by atoms with Crippen LogP contribution in [-0.4, -0.2) is 17.3 Å². The maximum Gasteiger partial charge on any atom is 0.358 e. The normalized spacial score (nSPS) is 10.5. The summed E-state index contributed by atoms with van der Waals surface area (Å²) in [5, 5.41) is 2.90. The van der Waals surface area contributed by atoms with Gasteiger partial charge < -0.3 is 9.84 Å². The Bertz CT molecular complexity index is 553. The molecule has 2 aromatic rings. The second-order valence-corrected chi connectivity index (χ2v) is 3.02. The van der Waals surface area contributed by atoms with Crippen LogP contribution in [0.25, 0.3) is 11.0 Å². The molecule has 0 radical (unpaired) electrons. The minimum absolute atomic E-state index is 0.406. The van der Waals surface area contributed by atoms with E-state index in [0.29, 0.717) is 17.5 Å². The number of carbonyl (C=O) groups is 1. The molecular weight excluding hydrogens is 196 g/mol. The summed E-state index contributed by atoms with van der Waals surface area (Å²) in [7, 11) is 0. The van der Waals surface area contributed by atoms with Gasteiger partial charge >= 0.3 is 6.03 Å². The number of nitrogens with zero attached hydrogens (tertiary/aromatic N) is 1. The van der Waals surface area contributed by atoms with Gasteiger partial charge in [0.2, 0.25) is 0 Å². The number of hydrogen-bond donors (Lipinski definition) is 1. The fourth-order valence-corrected chi connectivity index (χ4v) is 1.33. The molecule has 1 N–H and O–H groups in total. The lowest BCUT2D eigenvalue weighted by atomic mass is 10.3. The second-order valence-electron chi connectivity index (χ2n) is 3.02. The minimum Gasteiger partial charge on any atom is -0.366 e. The maximum atomic E-state index is 11.7. The minimum atomic E-state index is -0.543. The number of rotatable bonds is 1. The number of para-hydroxylation sites is 1. The van der Waals surface area contributed by atoms with Crippen LogP contribution < -0.4 is 10.9 Å². The Labute approximate surface area is 85.3 Å². The number of aromatic nitrogens is 1. The molecule has 0 saturated heterocycles. The zero-order valence-corrected chi connectivity index (χ0v) is 8.19. The average Bonchev–Trinajstić information content (AvgIpc) is 2.57. The van der Waals surface area contributed by atoms with Crippen LogP contribution in [0.3, 0.4) is 0 Å². The Hall–Kier alpha value is -2.04. The van der Waals surface area contributed by atoms with Crippen molar-refractivity contribution in [3.8, 4) is 0 Å². The van der Waals surface area contributed by atoms with Gasteiger partial charge in [-0.1, -0.05) is 16.9 Å².